The quantitative estimate of drug-likeness (QED) is 0.465. The summed E-state index contributed by atoms with van der Waals surface area (Å²) in [4.78, 5) is 10.2. The van der Waals surface area contributed by atoms with Crippen LogP contribution in [-0.2, 0) is 0 Å². The van der Waals surface area contributed by atoms with Gasteiger partial charge in [0.1, 0.15) is 0 Å². The lowest BCUT2D eigenvalue weighted by molar-refractivity contribution is -0.402. The van der Waals surface area contributed by atoms with Crippen molar-refractivity contribution in [2.75, 3.05) is 0 Å². The molecule has 0 amide bonds. The average molecular weight is 250 g/mol. The Bertz CT molecular complexity index is 382. The van der Waals surface area contributed by atoms with Gasteiger partial charge in [0.25, 0.3) is 0 Å². The lowest BCUT2D eigenvalue weighted by Gasteiger charge is -1.98. The summed E-state index contributed by atoms with van der Waals surface area (Å²) in [5, 5.41) is 12.4. The number of thioether (sulfide) groups is 1. The molecule has 0 N–H and O–H groups in total. The monoisotopic (exact) mass is 249 g/mol. The molecule has 0 aliphatic carbocycles. The van der Waals surface area contributed by atoms with Crippen molar-refractivity contribution in [3.8, 4) is 0 Å². The first kappa shape index (κ1) is 11.4. The van der Waals surface area contributed by atoms with Gasteiger partial charge in [-0.25, -0.2) is 0 Å². The number of nitrogens with zero attached hydrogens (tertiary/aromatic N) is 1. The highest BCUT2D eigenvalue weighted by atomic mass is 35.5. The van der Waals surface area contributed by atoms with E-state index in [-0.39, 0.29) is 0 Å². The summed E-state index contributed by atoms with van der Waals surface area (Å²) in [5.41, 5.74) is 0. The molecular weight excluding hydrogens is 245 g/mol. The summed E-state index contributed by atoms with van der Waals surface area (Å²) in [5.74, 6) is 0. The fourth-order valence-electron chi connectivity index (χ4n) is 0.724. The molecular formula is C8H5Cl2NO2S. The minimum absolute atomic E-state index is 0.482. The highest BCUT2D eigenvalue weighted by Gasteiger charge is 2.00. The van der Waals surface area contributed by atoms with Crippen molar-refractivity contribution in [2.45, 2.75) is 4.90 Å². The maximum absolute atomic E-state index is 9.98. The number of hydrogen-bond donors (Lipinski definition) is 0. The van der Waals surface area contributed by atoms with Crippen LogP contribution in [0.1, 0.15) is 0 Å². The molecule has 0 bridgehead atoms. The Morgan fingerprint density at radius 1 is 1.43 bits per heavy atom. The molecule has 14 heavy (non-hydrogen) atoms. The van der Waals surface area contributed by atoms with E-state index >= 15 is 0 Å². The van der Waals surface area contributed by atoms with E-state index in [1.54, 1.807) is 18.2 Å². The summed E-state index contributed by atoms with van der Waals surface area (Å²) >= 11 is 12.7. The molecule has 0 radical (unpaired) electrons. The van der Waals surface area contributed by atoms with Gasteiger partial charge in [0, 0.05) is 15.3 Å². The molecule has 0 aliphatic rings. The van der Waals surface area contributed by atoms with E-state index in [9.17, 15) is 10.1 Å². The summed E-state index contributed by atoms with van der Waals surface area (Å²) in [6, 6.07) is 4.97. The molecule has 0 heterocycles. The molecule has 0 saturated carbocycles. The zero-order valence-electron chi connectivity index (χ0n) is 6.81. The van der Waals surface area contributed by atoms with Crippen molar-refractivity contribution in [1.29, 1.82) is 0 Å². The fourth-order valence-corrected chi connectivity index (χ4v) is 1.89. The van der Waals surface area contributed by atoms with Gasteiger partial charge in [-0.15, -0.1) is 0 Å². The van der Waals surface area contributed by atoms with E-state index in [1.807, 2.05) is 0 Å². The Morgan fingerprint density at radius 2 is 2.14 bits per heavy atom. The van der Waals surface area contributed by atoms with Crippen molar-refractivity contribution in [1.82, 2.24) is 0 Å². The molecule has 0 spiro atoms. The molecule has 1 rings (SSSR count). The zero-order valence-corrected chi connectivity index (χ0v) is 9.14. The molecule has 0 fully saturated rings. The van der Waals surface area contributed by atoms with E-state index < -0.39 is 4.92 Å². The van der Waals surface area contributed by atoms with Crippen LogP contribution in [0.2, 0.25) is 10.0 Å². The van der Waals surface area contributed by atoms with Crippen LogP contribution in [0.15, 0.2) is 34.7 Å². The predicted molar refractivity (Wildman–Crippen MR) is 58.5 cm³/mol. The van der Waals surface area contributed by atoms with Crippen LogP contribution in [0.4, 0.5) is 0 Å². The second kappa shape index (κ2) is 5.24. The molecule has 1 aromatic rings. The molecule has 74 valence electrons. The van der Waals surface area contributed by atoms with Gasteiger partial charge in [-0.1, -0.05) is 35.0 Å². The molecule has 0 unspecified atom stereocenters. The van der Waals surface area contributed by atoms with Gasteiger partial charge in [-0.2, -0.15) is 0 Å². The van der Waals surface area contributed by atoms with Gasteiger partial charge in [-0.05, 0) is 18.2 Å². The Balaban J connectivity index is 2.73. The maximum atomic E-state index is 9.98. The lowest BCUT2D eigenvalue weighted by Crippen LogP contribution is -1.80. The van der Waals surface area contributed by atoms with E-state index in [0.29, 0.717) is 10.0 Å². The van der Waals surface area contributed by atoms with Crippen LogP contribution in [0.25, 0.3) is 0 Å². The first-order valence-corrected chi connectivity index (χ1v) is 5.15. The molecule has 1 aromatic carbocycles. The van der Waals surface area contributed by atoms with Crippen molar-refractivity contribution in [3.05, 3.63) is 50.0 Å². The van der Waals surface area contributed by atoms with E-state index in [2.05, 4.69) is 0 Å². The Kier molecular flexibility index (Phi) is 4.25. The van der Waals surface area contributed by atoms with Crippen LogP contribution in [-0.4, -0.2) is 4.92 Å². The van der Waals surface area contributed by atoms with Crippen molar-refractivity contribution < 1.29 is 4.92 Å². The third kappa shape index (κ3) is 3.57. The second-order valence-electron chi connectivity index (χ2n) is 2.26. The SMILES string of the molecule is O=[N+]([O-])C=CSc1ccc(Cl)cc1Cl. The highest BCUT2D eigenvalue weighted by molar-refractivity contribution is 8.02. The van der Waals surface area contributed by atoms with Crippen LogP contribution in [0.3, 0.4) is 0 Å². The number of rotatable bonds is 3. The largest absolute Gasteiger partial charge is 0.259 e. The van der Waals surface area contributed by atoms with Crippen LogP contribution >= 0.6 is 35.0 Å². The first-order valence-electron chi connectivity index (χ1n) is 3.51. The topological polar surface area (TPSA) is 43.1 Å². The number of benzene rings is 1. The fraction of sp³-hybridized carbons (Fsp3) is 0. The molecule has 6 heteroatoms. The highest BCUT2D eigenvalue weighted by Crippen LogP contribution is 2.30. The van der Waals surface area contributed by atoms with Gasteiger partial charge < -0.3 is 0 Å². The summed E-state index contributed by atoms with van der Waals surface area (Å²) in [7, 11) is 0. The molecule has 0 atom stereocenters. The van der Waals surface area contributed by atoms with Gasteiger partial charge in [-0.3, -0.25) is 10.1 Å². The van der Waals surface area contributed by atoms with E-state index in [0.717, 1.165) is 11.1 Å². The molecule has 3 nitrogen and oxygen atoms in total. The number of halogens is 2. The van der Waals surface area contributed by atoms with Crippen molar-refractivity contribution >= 4 is 35.0 Å². The summed E-state index contributed by atoms with van der Waals surface area (Å²) in [6.45, 7) is 0. The lowest BCUT2D eigenvalue weighted by atomic mass is 10.4. The van der Waals surface area contributed by atoms with Gasteiger partial charge >= 0.3 is 0 Å². The first-order chi connectivity index (χ1) is 6.59. The molecule has 0 saturated heterocycles. The Morgan fingerprint density at radius 3 is 2.71 bits per heavy atom. The predicted octanol–water partition coefficient (Wildman–Crippen LogP) is 3.83. The Hall–Kier alpha value is -0.710. The zero-order chi connectivity index (χ0) is 10.6. The van der Waals surface area contributed by atoms with E-state index in [1.165, 1.54) is 17.2 Å². The van der Waals surface area contributed by atoms with Crippen LogP contribution < -0.4 is 0 Å². The van der Waals surface area contributed by atoms with Gasteiger partial charge in [0.15, 0.2) is 0 Å². The third-order valence-electron chi connectivity index (χ3n) is 1.27. The summed E-state index contributed by atoms with van der Waals surface area (Å²) < 4.78 is 0. The van der Waals surface area contributed by atoms with Crippen LogP contribution in [0, 0.1) is 10.1 Å². The standard InChI is InChI=1S/C8H5Cl2NO2S/c9-6-1-2-8(7(10)5-6)14-4-3-11(12)13/h1-5H. The summed E-state index contributed by atoms with van der Waals surface area (Å²) in [6.07, 6.45) is 0.857. The number of hydrogen-bond acceptors (Lipinski definition) is 3. The second-order valence-corrected chi connectivity index (χ2v) is 4.05. The smallest absolute Gasteiger partial charge is 0.241 e. The normalized spacial score (nSPS) is 10.7. The third-order valence-corrected chi connectivity index (χ3v) is 2.80. The maximum Gasteiger partial charge on any atom is 0.241 e. The minimum Gasteiger partial charge on any atom is -0.259 e. The van der Waals surface area contributed by atoms with Gasteiger partial charge in [0.2, 0.25) is 6.20 Å². The molecule has 0 aliphatic heterocycles. The molecule has 0 aromatic heterocycles. The minimum atomic E-state index is -0.531. The van der Waals surface area contributed by atoms with Gasteiger partial charge in [0.05, 0.1) is 9.95 Å². The van der Waals surface area contributed by atoms with Crippen molar-refractivity contribution in [2.24, 2.45) is 0 Å². The van der Waals surface area contributed by atoms with Crippen molar-refractivity contribution in [3.63, 3.8) is 0 Å². The number of nitro groups is 1. The van der Waals surface area contributed by atoms with Crippen LogP contribution in [0.5, 0.6) is 0 Å². The Labute approximate surface area is 94.9 Å². The van der Waals surface area contributed by atoms with E-state index in [4.69, 9.17) is 23.2 Å². The average Bonchev–Trinajstić information content (AvgIpc) is 2.08.